The number of hydrogen-bond acceptors (Lipinski definition) is 4. The minimum absolute atomic E-state index is 0.234. The molecule has 0 saturated carbocycles. The molecule has 0 saturated heterocycles. The van der Waals surface area contributed by atoms with Crippen LogP contribution in [0.5, 0.6) is 0 Å². The van der Waals surface area contributed by atoms with Crippen molar-refractivity contribution in [2.75, 3.05) is 12.5 Å². The lowest BCUT2D eigenvalue weighted by Gasteiger charge is -2.10. The van der Waals surface area contributed by atoms with Crippen LogP contribution < -0.4 is 11.3 Å². The molecule has 14 heavy (non-hydrogen) atoms. The van der Waals surface area contributed by atoms with Gasteiger partial charge in [0.15, 0.2) is 0 Å². The van der Waals surface area contributed by atoms with Crippen molar-refractivity contribution in [3.63, 3.8) is 0 Å². The Labute approximate surface area is 83.0 Å². The predicted octanol–water partition coefficient (Wildman–Crippen LogP) is 0.996. The fraction of sp³-hybridized carbons (Fsp3) is 0.300. The Bertz CT molecular complexity index is 337. The number of nitrogens with one attached hydrogen (secondary N) is 1. The molecule has 0 amide bonds. The summed E-state index contributed by atoms with van der Waals surface area (Å²) in [7, 11) is 1.37. The highest BCUT2D eigenvalue weighted by Gasteiger charge is 2.08. The third kappa shape index (κ3) is 2.23. The van der Waals surface area contributed by atoms with Crippen molar-refractivity contribution in [3.05, 3.63) is 29.3 Å². The molecule has 1 aromatic carbocycles. The van der Waals surface area contributed by atoms with E-state index in [1.165, 1.54) is 7.11 Å². The van der Waals surface area contributed by atoms with Crippen molar-refractivity contribution in [3.8, 4) is 0 Å². The highest BCUT2D eigenvalue weighted by atomic mass is 16.5. The number of nitrogen functional groups attached to an aromatic ring is 1. The summed E-state index contributed by atoms with van der Waals surface area (Å²) in [6.07, 6.45) is 0.234. The number of hydrogen-bond donors (Lipinski definition) is 2. The molecule has 1 aromatic rings. The van der Waals surface area contributed by atoms with E-state index in [1.54, 1.807) is 0 Å². The Balaban J connectivity index is 2.96. The molecule has 0 bridgehead atoms. The van der Waals surface area contributed by atoms with Gasteiger partial charge in [0.05, 0.1) is 19.2 Å². The first kappa shape index (κ1) is 10.5. The van der Waals surface area contributed by atoms with Crippen LogP contribution in [0.25, 0.3) is 0 Å². The number of benzene rings is 1. The predicted molar refractivity (Wildman–Crippen MR) is 54.7 cm³/mol. The number of methoxy groups -OCH3 is 1. The van der Waals surface area contributed by atoms with E-state index in [1.807, 2.05) is 25.1 Å². The highest BCUT2D eigenvalue weighted by molar-refractivity contribution is 5.75. The monoisotopic (exact) mass is 194 g/mol. The minimum atomic E-state index is -0.271. The van der Waals surface area contributed by atoms with Crippen LogP contribution in [0.4, 0.5) is 5.69 Å². The zero-order valence-electron chi connectivity index (χ0n) is 8.33. The van der Waals surface area contributed by atoms with E-state index in [0.717, 1.165) is 16.8 Å². The molecule has 0 aromatic heterocycles. The van der Waals surface area contributed by atoms with Crippen molar-refractivity contribution < 1.29 is 9.53 Å². The van der Waals surface area contributed by atoms with Gasteiger partial charge in [-0.3, -0.25) is 10.6 Å². The highest BCUT2D eigenvalue weighted by Crippen LogP contribution is 2.19. The second kappa shape index (κ2) is 4.62. The standard InChI is InChI=1S/C10H14N2O2/c1-7-4-3-5-8(10(7)12-11)6-9(13)14-2/h3-5,12H,6,11H2,1-2H3. The van der Waals surface area contributed by atoms with Crippen LogP contribution in [0.2, 0.25) is 0 Å². The number of carbonyl (C=O) groups is 1. The van der Waals surface area contributed by atoms with Gasteiger partial charge in [-0.15, -0.1) is 0 Å². The van der Waals surface area contributed by atoms with Crippen molar-refractivity contribution in [2.45, 2.75) is 13.3 Å². The number of carbonyl (C=O) groups excluding carboxylic acids is 1. The van der Waals surface area contributed by atoms with Gasteiger partial charge in [-0.2, -0.15) is 0 Å². The summed E-state index contributed by atoms with van der Waals surface area (Å²) < 4.78 is 4.59. The Hall–Kier alpha value is -1.55. The van der Waals surface area contributed by atoms with Gasteiger partial charge in [-0.1, -0.05) is 18.2 Å². The van der Waals surface area contributed by atoms with Crippen LogP contribution in [-0.4, -0.2) is 13.1 Å². The van der Waals surface area contributed by atoms with Crippen LogP contribution in [0.15, 0.2) is 18.2 Å². The van der Waals surface area contributed by atoms with E-state index in [9.17, 15) is 4.79 Å². The molecular weight excluding hydrogens is 180 g/mol. The topological polar surface area (TPSA) is 64.3 Å². The molecule has 3 N–H and O–H groups in total. The molecular formula is C10H14N2O2. The normalized spacial score (nSPS) is 9.64. The number of nitrogens with two attached hydrogens (primary N) is 1. The van der Waals surface area contributed by atoms with Gasteiger partial charge in [0, 0.05) is 0 Å². The molecule has 76 valence electrons. The number of aryl methyl sites for hydroxylation is 1. The minimum Gasteiger partial charge on any atom is -0.469 e. The molecule has 0 atom stereocenters. The number of hydrazine groups is 1. The van der Waals surface area contributed by atoms with E-state index < -0.39 is 0 Å². The van der Waals surface area contributed by atoms with Crippen LogP contribution in [0.3, 0.4) is 0 Å². The van der Waals surface area contributed by atoms with E-state index in [2.05, 4.69) is 10.2 Å². The summed E-state index contributed by atoms with van der Waals surface area (Å²) in [6.45, 7) is 1.93. The summed E-state index contributed by atoms with van der Waals surface area (Å²) in [5.74, 6) is 5.10. The van der Waals surface area contributed by atoms with Gasteiger partial charge in [-0.05, 0) is 18.1 Å². The van der Waals surface area contributed by atoms with E-state index in [4.69, 9.17) is 5.84 Å². The SMILES string of the molecule is COC(=O)Cc1cccc(C)c1NN. The lowest BCUT2D eigenvalue weighted by atomic mass is 10.1. The van der Waals surface area contributed by atoms with Crippen molar-refractivity contribution in [1.82, 2.24) is 0 Å². The Kier molecular flexibility index (Phi) is 3.48. The summed E-state index contributed by atoms with van der Waals surface area (Å²) >= 11 is 0. The average Bonchev–Trinajstić information content (AvgIpc) is 2.18. The Morgan fingerprint density at radius 1 is 1.57 bits per heavy atom. The number of esters is 1. The lowest BCUT2D eigenvalue weighted by molar-refractivity contribution is -0.139. The first-order valence-corrected chi connectivity index (χ1v) is 4.31. The summed E-state index contributed by atoms with van der Waals surface area (Å²) in [6, 6.07) is 5.66. The van der Waals surface area contributed by atoms with E-state index in [0.29, 0.717) is 0 Å². The largest absolute Gasteiger partial charge is 0.469 e. The van der Waals surface area contributed by atoms with Gasteiger partial charge in [-0.25, -0.2) is 0 Å². The molecule has 0 radical (unpaired) electrons. The number of rotatable bonds is 3. The maximum atomic E-state index is 11.1. The van der Waals surface area contributed by atoms with Gasteiger partial charge in [0.25, 0.3) is 0 Å². The number of para-hydroxylation sites is 1. The maximum absolute atomic E-state index is 11.1. The Morgan fingerprint density at radius 2 is 2.29 bits per heavy atom. The molecule has 4 nitrogen and oxygen atoms in total. The number of ether oxygens (including phenoxy) is 1. The van der Waals surface area contributed by atoms with Gasteiger partial charge in [0.2, 0.25) is 0 Å². The molecule has 0 aliphatic heterocycles. The van der Waals surface area contributed by atoms with Gasteiger partial charge < -0.3 is 10.2 Å². The lowest BCUT2D eigenvalue weighted by Crippen LogP contribution is -2.13. The second-order valence-corrected chi connectivity index (χ2v) is 3.01. The second-order valence-electron chi connectivity index (χ2n) is 3.01. The van der Waals surface area contributed by atoms with Crippen molar-refractivity contribution in [1.29, 1.82) is 0 Å². The van der Waals surface area contributed by atoms with E-state index >= 15 is 0 Å². The smallest absolute Gasteiger partial charge is 0.310 e. The summed E-state index contributed by atoms with van der Waals surface area (Å²) in [5.41, 5.74) is 5.23. The summed E-state index contributed by atoms with van der Waals surface area (Å²) in [5, 5.41) is 0. The van der Waals surface area contributed by atoms with Crippen LogP contribution in [-0.2, 0) is 16.0 Å². The third-order valence-corrected chi connectivity index (χ3v) is 2.07. The van der Waals surface area contributed by atoms with Gasteiger partial charge >= 0.3 is 5.97 Å². The van der Waals surface area contributed by atoms with Crippen LogP contribution in [0.1, 0.15) is 11.1 Å². The molecule has 0 unspecified atom stereocenters. The summed E-state index contributed by atoms with van der Waals surface area (Å²) in [4.78, 5) is 11.1. The van der Waals surface area contributed by atoms with Crippen molar-refractivity contribution >= 4 is 11.7 Å². The third-order valence-electron chi connectivity index (χ3n) is 2.07. The first-order chi connectivity index (χ1) is 6.69. The molecule has 0 spiro atoms. The van der Waals surface area contributed by atoms with E-state index in [-0.39, 0.29) is 12.4 Å². The molecule has 0 heterocycles. The Morgan fingerprint density at radius 3 is 2.86 bits per heavy atom. The van der Waals surface area contributed by atoms with Gasteiger partial charge in [0.1, 0.15) is 0 Å². The molecule has 0 aliphatic carbocycles. The first-order valence-electron chi connectivity index (χ1n) is 4.31. The molecule has 0 fully saturated rings. The zero-order chi connectivity index (χ0) is 10.6. The average molecular weight is 194 g/mol. The maximum Gasteiger partial charge on any atom is 0.310 e. The number of anilines is 1. The van der Waals surface area contributed by atoms with Crippen LogP contribution in [0, 0.1) is 6.92 Å². The van der Waals surface area contributed by atoms with Crippen molar-refractivity contribution in [2.24, 2.45) is 5.84 Å². The zero-order valence-corrected chi connectivity index (χ0v) is 8.33. The molecule has 0 aliphatic rings. The van der Waals surface area contributed by atoms with Crippen LogP contribution >= 0.6 is 0 Å². The molecule has 1 rings (SSSR count). The quantitative estimate of drug-likeness (QED) is 0.428. The fourth-order valence-electron chi connectivity index (χ4n) is 1.31. The molecule has 4 heteroatoms. The fourth-order valence-corrected chi connectivity index (χ4v) is 1.31.